The van der Waals surface area contributed by atoms with Crippen molar-refractivity contribution in [2.24, 2.45) is 5.73 Å². The summed E-state index contributed by atoms with van der Waals surface area (Å²) in [6.45, 7) is 4.59. The van der Waals surface area contributed by atoms with Crippen LogP contribution in [0.5, 0.6) is 0 Å². The summed E-state index contributed by atoms with van der Waals surface area (Å²) < 4.78 is 6.45. The minimum absolute atomic E-state index is 0.0463. The predicted molar refractivity (Wildman–Crippen MR) is 128 cm³/mol. The maximum atomic E-state index is 11.4. The van der Waals surface area contributed by atoms with E-state index in [0.29, 0.717) is 19.0 Å². The van der Waals surface area contributed by atoms with Crippen LogP contribution in [0, 0.1) is 5.41 Å². The minimum atomic E-state index is -0.959. The number of carboxylic acids is 1. The fourth-order valence-electron chi connectivity index (χ4n) is 3.46. The summed E-state index contributed by atoms with van der Waals surface area (Å²) in [6.07, 6.45) is 5.12. The van der Waals surface area contributed by atoms with Gasteiger partial charge in [0.25, 0.3) is 0 Å². The van der Waals surface area contributed by atoms with Gasteiger partial charge in [-0.25, -0.2) is 14.8 Å². The molecule has 1 aliphatic heterocycles. The lowest BCUT2D eigenvalue weighted by molar-refractivity contribution is 0.0697. The molecule has 32 heavy (non-hydrogen) atoms. The van der Waals surface area contributed by atoms with Crippen LogP contribution in [0.25, 0.3) is 26.2 Å². The van der Waals surface area contributed by atoms with Crippen molar-refractivity contribution in [1.82, 2.24) is 9.97 Å². The van der Waals surface area contributed by atoms with Crippen molar-refractivity contribution in [3.63, 3.8) is 0 Å². The third-order valence-corrected chi connectivity index (χ3v) is 6.24. The van der Waals surface area contributed by atoms with E-state index in [1.165, 1.54) is 6.08 Å². The van der Waals surface area contributed by atoms with E-state index in [9.17, 15) is 9.90 Å². The zero-order chi connectivity index (χ0) is 22.7. The van der Waals surface area contributed by atoms with Crippen molar-refractivity contribution >= 4 is 44.7 Å². The Morgan fingerprint density at radius 3 is 2.72 bits per heavy atom. The van der Waals surface area contributed by atoms with Gasteiger partial charge in [0.2, 0.25) is 0 Å². The lowest BCUT2D eigenvalue weighted by atomic mass is 10.1. The number of anilines is 1. The summed E-state index contributed by atoms with van der Waals surface area (Å²) in [7, 11) is 0. The topological polar surface area (TPSA) is 125 Å². The van der Waals surface area contributed by atoms with Crippen molar-refractivity contribution in [2.45, 2.75) is 6.92 Å². The van der Waals surface area contributed by atoms with Gasteiger partial charge in [-0.2, -0.15) is 0 Å². The first-order valence-corrected chi connectivity index (χ1v) is 10.9. The number of nitrogens with zero attached hydrogens (tertiary/aromatic N) is 3. The molecule has 1 aromatic carbocycles. The zero-order valence-electron chi connectivity index (χ0n) is 17.5. The van der Waals surface area contributed by atoms with E-state index >= 15 is 0 Å². The SMILES string of the molecule is C/C=C(\C=C/C(=N)N)c1nc(N2CCOCC2)c2sc(-c3cccc(C(=O)O)c3)cc2n1. The Hall–Kier alpha value is -3.56. The molecular weight excluding hydrogens is 426 g/mol. The molecule has 1 aliphatic rings. The molecule has 8 nitrogen and oxygen atoms in total. The number of hydrogen-bond acceptors (Lipinski definition) is 7. The summed E-state index contributed by atoms with van der Waals surface area (Å²) >= 11 is 1.55. The van der Waals surface area contributed by atoms with E-state index < -0.39 is 5.97 Å². The molecule has 0 radical (unpaired) electrons. The van der Waals surface area contributed by atoms with E-state index in [1.54, 1.807) is 35.6 Å². The number of benzene rings is 1. The summed E-state index contributed by atoms with van der Waals surface area (Å²) in [5, 5.41) is 16.8. The average Bonchev–Trinajstić information content (AvgIpc) is 3.24. The van der Waals surface area contributed by atoms with Crippen LogP contribution in [0.4, 0.5) is 5.82 Å². The van der Waals surface area contributed by atoms with Gasteiger partial charge < -0.3 is 20.5 Å². The van der Waals surface area contributed by atoms with Crippen molar-refractivity contribution in [3.05, 3.63) is 59.9 Å². The lowest BCUT2D eigenvalue weighted by Crippen LogP contribution is -2.37. The van der Waals surface area contributed by atoms with E-state index in [2.05, 4.69) is 4.90 Å². The molecule has 0 aliphatic carbocycles. The lowest BCUT2D eigenvalue weighted by Gasteiger charge is -2.28. The van der Waals surface area contributed by atoms with Crippen LogP contribution in [-0.2, 0) is 4.74 Å². The molecule has 1 fully saturated rings. The van der Waals surface area contributed by atoms with Gasteiger partial charge in [-0.05, 0) is 42.8 Å². The van der Waals surface area contributed by atoms with Gasteiger partial charge in [0.1, 0.15) is 5.84 Å². The number of ether oxygens (including phenoxy) is 1. The summed E-state index contributed by atoms with van der Waals surface area (Å²) in [5.41, 5.74) is 8.09. The van der Waals surface area contributed by atoms with Gasteiger partial charge in [-0.1, -0.05) is 18.2 Å². The number of fused-ring (bicyclic) bond motifs is 1. The highest BCUT2D eigenvalue weighted by Gasteiger charge is 2.21. The molecule has 164 valence electrons. The van der Waals surface area contributed by atoms with Gasteiger partial charge in [0.15, 0.2) is 11.6 Å². The first kappa shape index (κ1) is 21.7. The molecule has 0 spiro atoms. The van der Waals surface area contributed by atoms with Gasteiger partial charge in [0.05, 0.1) is 29.0 Å². The molecule has 0 bridgehead atoms. The highest BCUT2D eigenvalue weighted by molar-refractivity contribution is 7.22. The zero-order valence-corrected chi connectivity index (χ0v) is 18.4. The molecule has 4 N–H and O–H groups in total. The number of allylic oxidation sites excluding steroid dienone is 3. The molecule has 9 heteroatoms. The van der Waals surface area contributed by atoms with Crippen LogP contribution >= 0.6 is 11.3 Å². The van der Waals surface area contributed by atoms with Crippen LogP contribution < -0.4 is 10.6 Å². The Kier molecular flexibility index (Phi) is 6.29. The summed E-state index contributed by atoms with van der Waals surface area (Å²) in [6, 6.07) is 8.86. The second kappa shape index (κ2) is 9.29. The number of rotatable bonds is 6. The number of aromatic carboxylic acids is 1. The number of carbonyl (C=O) groups is 1. The maximum Gasteiger partial charge on any atom is 0.335 e. The number of nitrogens with one attached hydrogen (secondary N) is 1. The molecule has 1 saturated heterocycles. The summed E-state index contributed by atoms with van der Waals surface area (Å²) in [4.78, 5) is 24.2. The molecule has 0 unspecified atom stereocenters. The quantitative estimate of drug-likeness (QED) is 0.297. The number of amidine groups is 1. The fraction of sp³-hybridized carbons (Fsp3) is 0.217. The Balaban J connectivity index is 1.86. The number of carboxylic acid groups (broad SMARTS) is 1. The van der Waals surface area contributed by atoms with E-state index in [1.807, 2.05) is 25.1 Å². The number of thiophene rings is 1. The van der Waals surface area contributed by atoms with Crippen LogP contribution in [0.3, 0.4) is 0 Å². The second-order valence-corrected chi connectivity index (χ2v) is 8.27. The maximum absolute atomic E-state index is 11.4. The molecule has 0 saturated carbocycles. The summed E-state index contributed by atoms with van der Waals surface area (Å²) in [5.74, 6) is 0.367. The molecule has 3 heterocycles. The van der Waals surface area contributed by atoms with Crippen molar-refractivity contribution in [3.8, 4) is 10.4 Å². The van der Waals surface area contributed by atoms with Crippen molar-refractivity contribution < 1.29 is 14.6 Å². The van der Waals surface area contributed by atoms with Crippen molar-refractivity contribution in [1.29, 1.82) is 5.41 Å². The standard InChI is InChI=1S/C23H23N5O3S/c1-2-14(6-7-19(24)25)21-26-17-13-18(15-4-3-5-16(12-15)23(29)30)32-20(17)22(27-21)28-8-10-31-11-9-28/h2-7,12-13H,8-11H2,1H3,(H3,24,25)(H,29,30)/b7-6-,14-2+. The third-order valence-electron chi connectivity index (χ3n) is 5.07. The van der Waals surface area contributed by atoms with E-state index in [-0.39, 0.29) is 11.4 Å². The van der Waals surface area contributed by atoms with Crippen LogP contribution in [0.2, 0.25) is 0 Å². The minimum Gasteiger partial charge on any atom is -0.478 e. The Morgan fingerprint density at radius 2 is 2.03 bits per heavy atom. The Labute approximate surface area is 189 Å². The van der Waals surface area contributed by atoms with E-state index in [4.69, 9.17) is 25.8 Å². The Bertz CT molecular complexity index is 1240. The van der Waals surface area contributed by atoms with Gasteiger partial charge in [-0.15, -0.1) is 11.3 Å². The van der Waals surface area contributed by atoms with Crippen LogP contribution in [-0.4, -0.2) is 53.2 Å². The third kappa shape index (κ3) is 4.53. The number of hydrogen-bond donors (Lipinski definition) is 3. The molecule has 0 amide bonds. The molecule has 3 aromatic rings. The second-order valence-electron chi connectivity index (χ2n) is 7.21. The van der Waals surface area contributed by atoms with Gasteiger partial charge in [0, 0.05) is 23.5 Å². The van der Waals surface area contributed by atoms with Crippen LogP contribution in [0.1, 0.15) is 23.1 Å². The smallest absolute Gasteiger partial charge is 0.335 e. The highest BCUT2D eigenvalue weighted by Crippen LogP contribution is 2.38. The normalized spacial score (nSPS) is 14.9. The van der Waals surface area contributed by atoms with Crippen molar-refractivity contribution in [2.75, 3.05) is 31.2 Å². The average molecular weight is 450 g/mol. The monoisotopic (exact) mass is 449 g/mol. The first-order valence-electron chi connectivity index (χ1n) is 10.1. The molecular formula is C23H23N5O3S. The molecule has 4 rings (SSSR count). The van der Waals surface area contributed by atoms with Gasteiger partial charge >= 0.3 is 5.97 Å². The largest absolute Gasteiger partial charge is 0.478 e. The van der Waals surface area contributed by atoms with Gasteiger partial charge in [-0.3, -0.25) is 5.41 Å². The molecule has 0 atom stereocenters. The fourth-order valence-corrected chi connectivity index (χ4v) is 4.57. The van der Waals surface area contributed by atoms with Crippen LogP contribution in [0.15, 0.2) is 48.6 Å². The number of aromatic nitrogens is 2. The first-order chi connectivity index (χ1) is 15.5. The Morgan fingerprint density at radius 1 is 1.25 bits per heavy atom. The number of morpholine rings is 1. The number of nitrogens with two attached hydrogens (primary N) is 1. The highest BCUT2D eigenvalue weighted by atomic mass is 32.1. The predicted octanol–water partition coefficient (Wildman–Crippen LogP) is 3.79. The molecule has 2 aromatic heterocycles. The van der Waals surface area contributed by atoms with E-state index in [0.717, 1.165) is 45.1 Å².